The molecule has 0 amide bonds. The molecule has 3 aromatic rings. The van der Waals surface area contributed by atoms with Gasteiger partial charge in [-0.05, 0) is 91.8 Å². The van der Waals surface area contributed by atoms with E-state index in [1.54, 1.807) is 12.1 Å². The second-order valence-corrected chi connectivity index (χ2v) is 9.40. The smallest absolute Gasteiger partial charge is 0.109 e. The molecule has 0 spiro atoms. The van der Waals surface area contributed by atoms with Gasteiger partial charge in [0.05, 0.1) is 6.07 Å². The molecule has 0 bridgehead atoms. The quantitative estimate of drug-likeness (QED) is 0.394. The van der Waals surface area contributed by atoms with Gasteiger partial charge in [0.2, 0.25) is 0 Å². The molecule has 4 rings (SSSR count). The first-order valence-corrected chi connectivity index (χ1v) is 12.1. The Bertz CT molecular complexity index is 1070. The molecular weight excluding hydrogens is 416 g/mol. The highest BCUT2D eigenvalue weighted by atomic mass is 35.5. The molecule has 32 heavy (non-hydrogen) atoms. The van der Waals surface area contributed by atoms with Crippen LogP contribution < -0.4 is 0 Å². The van der Waals surface area contributed by atoms with E-state index in [2.05, 4.69) is 17.0 Å². The van der Waals surface area contributed by atoms with E-state index < -0.39 is 11.5 Å². The minimum atomic E-state index is -1.27. The van der Waals surface area contributed by atoms with Crippen molar-refractivity contribution in [1.82, 2.24) is 4.90 Å². The molecular formula is C28H31ClN2O. The maximum atomic E-state index is 12.0. The molecule has 3 nitrogen and oxygen atoms in total. The molecule has 0 aliphatic carbocycles. The van der Waals surface area contributed by atoms with Crippen molar-refractivity contribution in [3.05, 3.63) is 82.9 Å². The van der Waals surface area contributed by atoms with Crippen molar-refractivity contribution in [3.8, 4) is 6.07 Å². The maximum absolute atomic E-state index is 12.0. The Labute approximate surface area is 196 Å². The zero-order valence-corrected chi connectivity index (χ0v) is 19.3. The van der Waals surface area contributed by atoms with Crippen LogP contribution in [0.5, 0.6) is 0 Å². The van der Waals surface area contributed by atoms with Gasteiger partial charge in [0, 0.05) is 5.02 Å². The monoisotopic (exact) mass is 446 g/mol. The van der Waals surface area contributed by atoms with E-state index in [4.69, 9.17) is 11.6 Å². The molecule has 2 atom stereocenters. The molecule has 1 fully saturated rings. The van der Waals surface area contributed by atoms with Crippen LogP contribution in [0.4, 0.5) is 0 Å². The lowest BCUT2D eigenvalue weighted by atomic mass is 9.74. The third-order valence-electron chi connectivity index (χ3n) is 6.79. The van der Waals surface area contributed by atoms with Gasteiger partial charge in [0.15, 0.2) is 0 Å². The van der Waals surface area contributed by atoms with Gasteiger partial charge in [0.1, 0.15) is 11.5 Å². The molecule has 4 heteroatoms. The minimum Gasteiger partial charge on any atom is -0.383 e. The molecule has 0 saturated carbocycles. The van der Waals surface area contributed by atoms with Gasteiger partial charge in [-0.2, -0.15) is 5.26 Å². The largest absolute Gasteiger partial charge is 0.383 e. The molecule has 166 valence electrons. The summed E-state index contributed by atoms with van der Waals surface area (Å²) in [5.74, 6) is -0.664. The minimum absolute atomic E-state index is 0.535. The van der Waals surface area contributed by atoms with E-state index in [1.165, 1.54) is 32.4 Å². The predicted octanol–water partition coefficient (Wildman–Crippen LogP) is 6.64. The summed E-state index contributed by atoms with van der Waals surface area (Å²) in [5, 5.41) is 25.1. The Morgan fingerprint density at radius 2 is 1.66 bits per heavy atom. The van der Waals surface area contributed by atoms with Crippen molar-refractivity contribution < 1.29 is 5.11 Å². The van der Waals surface area contributed by atoms with Crippen LogP contribution in [-0.4, -0.2) is 29.6 Å². The van der Waals surface area contributed by atoms with E-state index in [0.717, 1.165) is 41.3 Å². The number of unbranched alkanes of at least 4 members (excludes halogenated alkanes) is 1. The lowest BCUT2D eigenvalue weighted by molar-refractivity contribution is 0.0115. The Morgan fingerprint density at radius 1 is 0.938 bits per heavy atom. The molecule has 2 unspecified atom stereocenters. The van der Waals surface area contributed by atoms with Gasteiger partial charge in [-0.3, -0.25) is 0 Å². The third-order valence-corrected chi connectivity index (χ3v) is 7.04. The van der Waals surface area contributed by atoms with Crippen molar-refractivity contribution in [3.63, 3.8) is 0 Å². The average Bonchev–Trinajstić information content (AvgIpc) is 2.83. The summed E-state index contributed by atoms with van der Waals surface area (Å²) in [6.45, 7) is 3.42. The van der Waals surface area contributed by atoms with Gasteiger partial charge < -0.3 is 10.0 Å². The lowest BCUT2D eigenvalue weighted by Gasteiger charge is -2.34. The Balaban J connectivity index is 1.59. The Kier molecular flexibility index (Phi) is 7.48. The van der Waals surface area contributed by atoms with Gasteiger partial charge >= 0.3 is 0 Å². The van der Waals surface area contributed by atoms with Crippen molar-refractivity contribution in [2.24, 2.45) is 0 Å². The van der Waals surface area contributed by atoms with Gasteiger partial charge in [-0.15, -0.1) is 0 Å². The molecule has 1 heterocycles. The summed E-state index contributed by atoms with van der Waals surface area (Å²) in [7, 11) is 0. The standard InChI is InChI=1S/C28H31ClN2O/c29-26-14-12-25(13-15-26)28(32,16-4-7-19-31-17-5-1-6-18-31)27(21-30)24-11-10-22-8-2-3-9-23(22)20-24/h2-3,8-15,20,27,32H,1,4-7,16-19H2. The Hall–Kier alpha value is -2.38. The summed E-state index contributed by atoms with van der Waals surface area (Å²) in [5.41, 5.74) is 0.322. The fraction of sp³-hybridized carbons (Fsp3) is 0.393. The van der Waals surface area contributed by atoms with Gasteiger partial charge in [0.25, 0.3) is 0 Å². The number of hydrogen-bond donors (Lipinski definition) is 1. The molecule has 3 aromatic carbocycles. The number of nitriles is 1. The fourth-order valence-corrected chi connectivity index (χ4v) is 5.08. The normalized spacial score (nSPS) is 17.5. The average molecular weight is 447 g/mol. The molecule has 0 radical (unpaired) electrons. The highest BCUT2D eigenvalue weighted by molar-refractivity contribution is 6.30. The highest BCUT2D eigenvalue weighted by Crippen LogP contribution is 2.41. The van der Waals surface area contributed by atoms with Crippen LogP contribution in [-0.2, 0) is 5.60 Å². The maximum Gasteiger partial charge on any atom is 0.109 e. The van der Waals surface area contributed by atoms with Crippen molar-refractivity contribution in [2.75, 3.05) is 19.6 Å². The Morgan fingerprint density at radius 3 is 2.38 bits per heavy atom. The number of likely N-dealkylation sites (tertiary alicyclic amines) is 1. The first-order valence-electron chi connectivity index (χ1n) is 11.7. The molecule has 1 aliphatic heterocycles. The number of aliphatic hydroxyl groups is 1. The highest BCUT2D eigenvalue weighted by Gasteiger charge is 2.39. The second kappa shape index (κ2) is 10.5. The fourth-order valence-electron chi connectivity index (χ4n) is 4.95. The van der Waals surface area contributed by atoms with E-state index in [9.17, 15) is 10.4 Å². The van der Waals surface area contributed by atoms with Gasteiger partial charge in [-0.25, -0.2) is 0 Å². The number of nitrogens with zero attached hydrogens (tertiary/aromatic N) is 2. The van der Waals surface area contributed by atoms with E-state index in [1.807, 2.05) is 48.5 Å². The number of benzene rings is 3. The third kappa shape index (κ3) is 5.15. The lowest BCUT2D eigenvalue weighted by Crippen LogP contribution is -2.34. The van der Waals surface area contributed by atoms with Crippen molar-refractivity contribution in [2.45, 2.75) is 50.0 Å². The van der Waals surface area contributed by atoms with Crippen LogP contribution in [0.25, 0.3) is 10.8 Å². The first-order chi connectivity index (χ1) is 15.6. The van der Waals surface area contributed by atoms with Crippen LogP contribution in [0.15, 0.2) is 66.7 Å². The first kappa shape index (κ1) is 22.8. The van der Waals surface area contributed by atoms with Crippen LogP contribution in [0.3, 0.4) is 0 Å². The zero-order valence-electron chi connectivity index (χ0n) is 18.5. The summed E-state index contributed by atoms with van der Waals surface area (Å²) in [6.07, 6.45) is 6.32. The van der Waals surface area contributed by atoms with Crippen LogP contribution >= 0.6 is 11.6 Å². The summed E-state index contributed by atoms with van der Waals surface area (Å²) >= 11 is 6.12. The predicted molar refractivity (Wildman–Crippen MR) is 132 cm³/mol. The van der Waals surface area contributed by atoms with Gasteiger partial charge in [-0.1, -0.05) is 66.6 Å². The SMILES string of the molecule is N#CC(c1ccc2ccccc2c1)C(O)(CCCCN1CCCCC1)c1ccc(Cl)cc1. The van der Waals surface area contributed by atoms with E-state index in [-0.39, 0.29) is 0 Å². The number of fused-ring (bicyclic) bond motifs is 1. The van der Waals surface area contributed by atoms with E-state index >= 15 is 0 Å². The topological polar surface area (TPSA) is 47.3 Å². The summed E-state index contributed by atoms with van der Waals surface area (Å²) in [4.78, 5) is 2.52. The molecule has 1 N–H and O–H groups in total. The van der Waals surface area contributed by atoms with Crippen LogP contribution in [0.2, 0.25) is 5.02 Å². The molecule has 1 saturated heterocycles. The summed E-state index contributed by atoms with van der Waals surface area (Å²) in [6, 6.07) is 23.9. The van der Waals surface area contributed by atoms with E-state index in [0.29, 0.717) is 11.4 Å². The summed E-state index contributed by atoms with van der Waals surface area (Å²) < 4.78 is 0. The second-order valence-electron chi connectivity index (χ2n) is 8.96. The number of hydrogen-bond acceptors (Lipinski definition) is 3. The molecule has 1 aliphatic rings. The van der Waals surface area contributed by atoms with Crippen molar-refractivity contribution >= 4 is 22.4 Å². The number of piperidine rings is 1. The van der Waals surface area contributed by atoms with Crippen LogP contribution in [0.1, 0.15) is 55.6 Å². The van der Waals surface area contributed by atoms with Crippen molar-refractivity contribution in [1.29, 1.82) is 5.26 Å². The molecule has 0 aromatic heterocycles. The zero-order chi connectivity index (χ0) is 22.4. The number of halogens is 1. The van der Waals surface area contributed by atoms with Crippen LogP contribution in [0, 0.1) is 11.3 Å². The number of rotatable bonds is 8.